The Kier molecular flexibility index (Phi) is 3.01. The van der Waals surface area contributed by atoms with E-state index in [2.05, 4.69) is 10.6 Å². The summed E-state index contributed by atoms with van der Waals surface area (Å²) >= 11 is 5.97. The number of hydrogen-bond donors (Lipinski definition) is 2. The van der Waals surface area contributed by atoms with Gasteiger partial charge in [0, 0.05) is 6.20 Å². The van der Waals surface area contributed by atoms with Crippen LogP contribution in [0.1, 0.15) is 0 Å². The molecule has 0 fully saturated rings. The Labute approximate surface area is 98.2 Å². The van der Waals surface area contributed by atoms with Crippen LogP contribution in [-0.4, -0.2) is 19.4 Å². The van der Waals surface area contributed by atoms with Crippen LogP contribution >= 0.6 is 11.6 Å². The van der Waals surface area contributed by atoms with Crippen molar-refractivity contribution in [3.8, 4) is 5.75 Å². The Morgan fingerprint density at radius 2 is 2.31 bits per heavy atom. The predicted octanol–water partition coefficient (Wildman–Crippen LogP) is 1.77. The molecular formula is C11H11ClN2O2. The van der Waals surface area contributed by atoms with Crippen LogP contribution in [0.25, 0.3) is 0 Å². The zero-order chi connectivity index (χ0) is 11.5. The number of anilines is 1. The first kappa shape index (κ1) is 10.8. The average Bonchev–Trinajstić information content (AvgIpc) is 2.65. The van der Waals surface area contributed by atoms with Gasteiger partial charge in [-0.25, -0.2) is 0 Å². The molecule has 2 N–H and O–H groups in total. The number of ether oxygens (including phenoxy) is 1. The predicted molar refractivity (Wildman–Crippen MR) is 62.7 cm³/mol. The number of benzene rings is 1. The number of halogens is 1. The molecule has 0 amide bonds. The van der Waals surface area contributed by atoms with Crippen molar-refractivity contribution >= 4 is 23.1 Å². The zero-order valence-electron chi connectivity index (χ0n) is 8.71. The van der Waals surface area contributed by atoms with Crippen molar-refractivity contribution in [3.05, 3.63) is 35.1 Å². The molecule has 0 atom stereocenters. The van der Waals surface area contributed by atoms with Crippen molar-refractivity contribution in [2.75, 3.05) is 19.0 Å². The molecule has 0 spiro atoms. The molecule has 4 nitrogen and oxygen atoms in total. The number of ketones is 1. The zero-order valence-corrected chi connectivity index (χ0v) is 9.47. The van der Waals surface area contributed by atoms with Crippen molar-refractivity contribution in [1.82, 2.24) is 5.32 Å². The van der Waals surface area contributed by atoms with E-state index >= 15 is 0 Å². The van der Waals surface area contributed by atoms with E-state index in [-0.39, 0.29) is 5.78 Å². The van der Waals surface area contributed by atoms with Gasteiger partial charge in [-0.1, -0.05) is 17.7 Å². The van der Waals surface area contributed by atoms with Crippen molar-refractivity contribution < 1.29 is 9.53 Å². The molecule has 1 aromatic rings. The number of hydrogen-bond acceptors (Lipinski definition) is 4. The molecule has 1 aromatic carbocycles. The molecule has 1 heterocycles. The summed E-state index contributed by atoms with van der Waals surface area (Å²) in [4.78, 5) is 11.4. The van der Waals surface area contributed by atoms with Gasteiger partial charge in [-0.2, -0.15) is 0 Å². The standard InChI is InChI=1S/C11H11ClN2O2/c1-16-11-7(12)3-2-4-8(11)14-9-5-13-6-10(9)15/h2-5,13-14H,6H2,1H3. The third kappa shape index (κ3) is 1.97. The number of carbonyl (C=O) groups is 1. The van der Waals surface area contributed by atoms with E-state index in [1.54, 1.807) is 24.4 Å². The Balaban J connectivity index is 2.27. The van der Waals surface area contributed by atoms with E-state index in [0.29, 0.717) is 28.7 Å². The molecule has 0 saturated heterocycles. The second-order valence-electron chi connectivity index (χ2n) is 3.31. The summed E-state index contributed by atoms with van der Waals surface area (Å²) in [5, 5.41) is 6.34. The third-order valence-corrected chi connectivity index (χ3v) is 2.55. The largest absolute Gasteiger partial charge is 0.493 e. The van der Waals surface area contributed by atoms with E-state index in [9.17, 15) is 4.79 Å². The first-order valence-corrected chi connectivity index (χ1v) is 5.16. The number of para-hydroxylation sites is 1. The maximum absolute atomic E-state index is 11.4. The first-order valence-electron chi connectivity index (χ1n) is 4.78. The van der Waals surface area contributed by atoms with Crippen LogP contribution in [0, 0.1) is 0 Å². The lowest BCUT2D eigenvalue weighted by Crippen LogP contribution is -2.12. The fourth-order valence-corrected chi connectivity index (χ4v) is 1.74. The highest BCUT2D eigenvalue weighted by Gasteiger charge is 2.16. The van der Waals surface area contributed by atoms with Crippen molar-refractivity contribution in [1.29, 1.82) is 0 Å². The number of nitrogens with one attached hydrogen (secondary N) is 2. The molecule has 0 radical (unpaired) electrons. The van der Waals surface area contributed by atoms with Gasteiger partial charge < -0.3 is 15.4 Å². The van der Waals surface area contributed by atoms with Gasteiger partial charge in [-0.15, -0.1) is 0 Å². The van der Waals surface area contributed by atoms with Crippen molar-refractivity contribution in [3.63, 3.8) is 0 Å². The Morgan fingerprint density at radius 1 is 1.50 bits per heavy atom. The average molecular weight is 239 g/mol. The minimum atomic E-state index is 0.0158. The van der Waals surface area contributed by atoms with Gasteiger partial charge in [-0.05, 0) is 12.1 Å². The highest BCUT2D eigenvalue weighted by Crippen LogP contribution is 2.33. The highest BCUT2D eigenvalue weighted by atomic mass is 35.5. The fraction of sp³-hybridized carbons (Fsp3) is 0.182. The topological polar surface area (TPSA) is 50.4 Å². The summed E-state index contributed by atoms with van der Waals surface area (Å²) < 4.78 is 5.17. The molecule has 2 rings (SSSR count). The number of rotatable bonds is 3. The summed E-state index contributed by atoms with van der Waals surface area (Å²) in [5.41, 5.74) is 1.19. The van der Waals surface area contributed by atoms with E-state index in [1.807, 2.05) is 0 Å². The van der Waals surface area contributed by atoms with Gasteiger partial charge in [0.2, 0.25) is 0 Å². The van der Waals surface area contributed by atoms with Gasteiger partial charge >= 0.3 is 0 Å². The summed E-state index contributed by atoms with van der Waals surface area (Å²) in [6.07, 6.45) is 1.64. The molecule has 0 saturated carbocycles. The van der Waals surface area contributed by atoms with Crippen LogP contribution in [0.2, 0.25) is 5.02 Å². The molecule has 5 heteroatoms. The Bertz CT molecular complexity index is 457. The van der Waals surface area contributed by atoms with E-state index in [0.717, 1.165) is 0 Å². The normalized spacial score (nSPS) is 14.4. The number of carbonyl (C=O) groups excluding carboxylic acids is 1. The van der Waals surface area contributed by atoms with E-state index in [1.165, 1.54) is 7.11 Å². The number of Topliss-reactive ketones (excluding diaryl/α,β-unsaturated/α-hetero) is 1. The van der Waals surface area contributed by atoms with Crippen molar-refractivity contribution in [2.45, 2.75) is 0 Å². The minimum absolute atomic E-state index is 0.0158. The van der Waals surface area contributed by atoms with Crippen LogP contribution in [0.5, 0.6) is 5.75 Å². The molecular weight excluding hydrogens is 228 g/mol. The third-order valence-electron chi connectivity index (χ3n) is 2.25. The lowest BCUT2D eigenvalue weighted by atomic mass is 10.2. The van der Waals surface area contributed by atoms with E-state index < -0.39 is 0 Å². The second kappa shape index (κ2) is 4.45. The SMILES string of the molecule is COc1c(Cl)cccc1NC1=CNCC1=O. The van der Waals surface area contributed by atoms with Gasteiger partial charge in [0.05, 0.1) is 24.4 Å². The molecule has 0 aromatic heterocycles. The van der Waals surface area contributed by atoms with Gasteiger partial charge in [0.25, 0.3) is 0 Å². The van der Waals surface area contributed by atoms with Crippen molar-refractivity contribution in [2.24, 2.45) is 0 Å². The van der Waals surface area contributed by atoms with Gasteiger partial charge in [0.15, 0.2) is 11.5 Å². The lowest BCUT2D eigenvalue weighted by molar-refractivity contribution is -0.113. The smallest absolute Gasteiger partial charge is 0.199 e. The maximum atomic E-state index is 11.4. The molecule has 84 valence electrons. The van der Waals surface area contributed by atoms with E-state index in [4.69, 9.17) is 16.3 Å². The Hall–Kier alpha value is -1.68. The first-order chi connectivity index (χ1) is 7.72. The maximum Gasteiger partial charge on any atom is 0.199 e. The summed E-state index contributed by atoms with van der Waals surface area (Å²) in [5.74, 6) is 0.548. The van der Waals surface area contributed by atoms with Crippen LogP contribution in [-0.2, 0) is 4.79 Å². The lowest BCUT2D eigenvalue weighted by Gasteiger charge is -2.11. The van der Waals surface area contributed by atoms with Crippen LogP contribution in [0.3, 0.4) is 0 Å². The minimum Gasteiger partial charge on any atom is -0.493 e. The van der Waals surface area contributed by atoms with Crippen LogP contribution in [0.4, 0.5) is 5.69 Å². The molecule has 0 aliphatic carbocycles. The summed E-state index contributed by atoms with van der Waals surface area (Å²) in [7, 11) is 1.54. The summed E-state index contributed by atoms with van der Waals surface area (Å²) in [6.45, 7) is 0.325. The second-order valence-corrected chi connectivity index (χ2v) is 3.71. The molecule has 1 aliphatic heterocycles. The molecule has 0 bridgehead atoms. The Morgan fingerprint density at radius 3 is 2.94 bits per heavy atom. The summed E-state index contributed by atoms with van der Waals surface area (Å²) in [6, 6.07) is 5.33. The molecule has 16 heavy (non-hydrogen) atoms. The highest BCUT2D eigenvalue weighted by molar-refractivity contribution is 6.32. The van der Waals surface area contributed by atoms with Gasteiger partial charge in [0.1, 0.15) is 5.70 Å². The quantitative estimate of drug-likeness (QED) is 0.843. The molecule has 1 aliphatic rings. The fourth-order valence-electron chi connectivity index (χ4n) is 1.49. The van der Waals surface area contributed by atoms with Gasteiger partial charge in [-0.3, -0.25) is 4.79 Å². The van der Waals surface area contributed by atoms with Crippen LogP contribution in [0.15, 0.2) is 30.1 Å². The molecule has 0 unspecified atom stereocenters. The number of methoxy groups -OCH3 is 1. The van der Waals surface area contributed by atoms with Crippen LogP contribution < -0.4 is 15.4 Å². The monoisotopic (exact) mass is 238 g/mol.